The van der Waals surface area contributed by atoms with Gasteiger partial charge in [-0.3, -0.25) is 0 Å². The van der Waals surface area contributed by atoms with Crippen molar-refractivity contribution < 1.29 is 4.42 Å². The predicted molar refractivity (Wildman–Crippen MR) is 195 cm³/mol. The second-order valence-electron chi connectivity index (χ2n) is 11.6. The molecular weight excluding hydrogens is 672 g/mol. The third kappa shape index (κ3) is 4.14. The minimum absolute atomic E-state index is 0.241. The van der Waals surface area contributed by atoms with Gasteiger partial charge in [0.1, 0.15) is 0 Å². The third-order valence-electron chi connectivity index (χ3n) is 9.22. The first-order valence-electron chi connectivity index (χ1n) is 15.4. The van der Waals surface area contributed by atoms with Crippen LogP contribution >= 0.6 is 0 Å². The number of fused-ring (bicyclic) bond motifs is 7. The Morgan fingerprint density at radius 2 is 0.978 bits per heavy atom. The summed E-state index contributed by atoms with van der Waals surface area (Å²) in [6, 6.07) is 62.9. The van der Waals surface area contributed by atoms with Crippen molar-refractivity contribution in [3.05, 3.63) is 170 Å². The summed E-state index contributed by atoms with van der Waals surface area (Å²) in [6.45, 7) is 0. The minimum atomic E-state index is -3.42. The van der Waals surface area contributed by atoms with Crippen LogP contribution < -0.4 is 17.6 Å². The zero-order chi connectivity index (χ0) is 29.8. The van der Waals surface area contributed by atoms with Gasteiger partial charge in [0.25, 0.3) is 0 Å². The first-order valence-corrected chi connectivity index (χ1v) is 21.3. The molecule has 0 N–H and O–H groups in total. The molecule has 0 aliphatic heterocycles. The zero-order valence-corrected chi connectivity index (χ0v) is 28.3. The van der Waals surface area contributed by atoms with Gasteiger partial charge in [-0.2, -0.15) is 0 Å². The first-order chi connectivity index (χ1) is 22.3. The van der Waals surface area contributed by atoms with Crippen LogP contribution in [-0.4, -0.2) is 27.8 Å². The van der Waals surface area contributed by atoms with Crippen molar-refractivity contribution in [2.45, 2.75) is 0 Å². The summed E-state index contributed by atoms with van der Waals surface area (Å²) in [6.07, 6.45) is 0. The molecule has 0 aliphatic rings. The molecule has 0 bridgehead atoms. The van der Waals surface area contributed by atoms with Gasteiger partial charge in [-0.1, -0.05) is 0 Å². The Balaban J connectivity index is 1.38. The summed E-state index contributed by atoms with van der Waals surface area (Å²) in [5.74, 6) is 0. The molecule has 0 spiro atoms. The maximum atomic E-state index is 6.78. The van der Waals surface area contributed by atoms with E-state index < -0.39 is 13.3 Å². The molecule has 45 heavy (non-hydrogen) atoms. The normalized spacial score (nSPS) is 12.0. The average molecular weight is 700 g/mol. The second-order valence-corrected chi connectivity index (χ2v) is 21.9. The molecule has 0 fully saturated rings. The summed E-state index contributed by atoms with van der Waals surface area (Å²) in [7, 11) is 0. The van der Waals surface area contributed by atoms with E-state index in [-0.39, 0.29) is 14.5 Å². The standard InChI is InChI=1S/C42H28GeOSe/c1-4-16-30(17-5-1)43(31-18-6-2-7-19-31,32-20-8-3-9-21-32)33-22-14-15-29(27-33)36-28-39-40(35-24-11-13-26-38(35)45-39)41-34-23-10-12-25-37(34)44-42(36)41/h1-28H. The summed E-state index contributed by atoms with van der Waals surface area (Å²) in [5.41, 5.74) is 4.32. The molecule has 212 valence electrons. The first kappa shape index (κ1) is 26.8. The Bertz CT molecular complexity index is 2380. The van der Waals surface area contributed by atoms with Gasteiger partial charge in [0.15, 0.2) is 0 Å². The van der Waals surface area contributed by atoms with Crippen molar-refractivity contribution in [1.82, 2.24) is 0 Å². The van der Waals surface area contributed by atoms with Gasteiger partial charge in [0.2, 0.25) is 0 Å². The van der Waals surface area contributed by atoms with Crippen LogP contribution in [-0.2, 0) is 0 Å². The molecule has 0 saturated carbocycles. The summed E-state index contributed by atoms with van der Waals surface area (Å²) in [5, 5.41) is 5.15. The van der Waals surface area contributed by atoms with E-state index >= 15 is 0 Å². The summed E-state index contributed by atoms with van der Waals surface area (Å²) < 4.78 is 15.3. The predicted octanol–water partition coefficient (Wildman–Crippen LogP) is 7.99. The van der Waals surface area contributed by atoms with Gasteiger partial charge in [0.05, 0.1) is 0 Å². The molecule has 0 radical (unpaired) electrons. The number of para-hydroxylation sites is 1. The van der Waals surface area contributed by atoms with Gasteiger partial charge in [-0.15, -0.1) is 0 Å². The Kier molecular flexibility index (Phi) is 6.42. The third-order valence-corrected chi connectivity index (χ3v) is 21.6. The van der Waals surface area contributed by atoms with Crippen molar-refractivity contribution in [2.24, 2.45) is 0 Å². The summed E-state index contributed by atoms with van der Waals surface area (Å²) in [4.78, 5) is 0. The van der Waals surface area contributed by atoms with E-state index in [1.54, 1.807) is 0 Å². The van der Waals surface area contributed by atoms with Crippen molar-refractivity contribution in [1.29, 1.82) is 0 Å². The van der Waals surface area contributed by atoms with Crippen LogP contribution in [0.4, 0.5) is 0 Å². The van der Waals surface area contributed by atoms with E-state index in [9.17, 15) is 0 Å². The van der Waals surface area contributed by atoms with Crippen molar-refractivity contribution in [3.63, 3.8) is 0 Å². The van der Waals surface area contributed by atoms with Crippen LogP contribution in [0, 0.1) is 0 Å². The number of furan rings is 1. The molecule has 0 atom stereocenters. The number of hydrogen-bond acceptors (Lipinski definition) is 1. The fourth-order valence-corrected chi connectivity index (χ4v) is 19.8. The molecule has 0 aliphatic carbocycles. The van der Waals surface area contributed by atoms with Gasteiger partial charge in [-0.25, -0.2) is 0 Å². The fourth-order valence-electron chi connectivity index (χ4n) is 7.30. The average Bonchev–Trinajstić information content (AvgIpc) is 3.68. The number of rotatable bonds is 5. The Morgan fingerprint density at radius 3 is 1.64 bits per heavy atom. The molecule has 0 amide bonds. The van der Waals surface area contributed by atoms with E-state index in [0.29, 0.717) is 0 Å². The molecule has 9 rings (SSSR count). The van der Waals surface area contributed by atoms with E-state index in [1.165, 1.54) is 58.8 Å². The van der Waals surface area contributed by atoms with Gasteiger partial charge < -0.3 is 0 Å². The van der Waals surface area contributed by atoms with Crippen LogP contribution in [0.5, 0.6) is 0 Å². The van der Waals surface area contributed by atoms with E-state index in [0.717, 1.165) is 11.2 Å². The van der Waals surface area contributed by atoms with Crippen LogP contribution in [0.25, 0.3) is 52.4 Å². The Hall–Kier alpha value is -4.60. The quantitative estimate of drug-likeness (QED) is 0.166. The Morgan fingerprint density at radius 1 is 0.422 bits per heavy atom. The van der Waals surface area contributed by atoms with E-state index in [4.69, 9.17) is 4.42 Å². The van der Waals surface area contributed by atoms with Crippen molar-refractivity contribution >= 4 is 86.6 Å². The maximum absolute atomic E-state index is 6.78. The molecule has 9 aromatic rings. The summed E-state index contributed by atoms with van der Waals surface area (Å²) >= 11 is -3.18. The molecule has 0 unspecified atom stereocenters. The number of hydrogen-bond donors (Lipinski definition) is 0. The van der Waals surface area contributed by atoms with Crippen LogP contribution in [0.2, 0.25) is 0 Å². The molecule has 0 saturated heterocycles. The van der Waals surface area contributed by atoms with Crippen molar-refractivity contribution in [2.75, 3.05) is 0 Å². The molecule has 7 aromatic carbocycles. The van der Waals surface area contributed by atoms with Crippen LogP contribution in [0.3, 0.4) is 0 Å². The number of benzene rings is 7. The van der Waals surface area contributed by atoms with Crippen LogP contribution in [0.1, 0.15) is 0 Å². The van der Waals surface area contributed by atoms with Gasteiger partial charge in [0, 0.05) is 0 Å². The van der Waals surface area contributed by atoms with Crippen molar-refractivity contribution in [3.8, 4) is 11.1 Å². The SMILES string of the molecule is c1cc[c]([Ge]([c]2ccccc2)([c]2ccccc2)[c]2cccc(-c3cc4[se]c5ccccc5c4c4c3oc3ccccc34)c2)cc1. The second kappa shape index (κ2) is 10.8. The van der Waals surface area contributed by atoms with E-state index in [1.807, 2.05) is 0 Å². The molecule has 2 aromatic heterocycles. The van der Waals surface area contributed by atoms with E-state index in [2.05, 4.69) is 170 Å². The van der Waals surface area contributed by atoms with Gasteiger partial charge in [-0.05, 0) is 0 Å². The molecule has 3 heteroatoms. The fraction of sp³-hybridized carbons (Fsp3) is 0. The van der Waals surface area contributed by atoms with Gasteiger partial charge >= 0.3 is 272 Å². The molecule has 1 nitrogen and oxygen atoms in total. The van der Waals surface area contributed by atoms with Crippen LogP contribution in [0.15, 0.2) is 174 Å². The zero-order valence-electron chi connectivity index (χ0n) is 24.5. The monoisotopic (exact) mass is 702 g/mol. The Labute approximate surface area is 270 Å². The molecular formula is C42H28GeOSe. The topological polar surface area (TPSA) is 13.1 Å². The molecule has 2 heterocycles.